The highest BCUT2D eigenvalue weighted by molar-refractivity contribution is 9.11. The van der Waals surface area contributed by atoms with Crippen molar-refractivity contribution in [3.8, 4) is 0 Å². The quantitative estimate of drug-likeness (QED) is 0.858. The molecular formula is C11H14BrNO2S. The summed E-state index contributed by atoms with van der Waals surface area (Å²) < 4.78 is 1.09. The lowest BCUT2D eigenvalue weighted by atomic mass is 9.93. The van der Waals surface area contributed by atoms with Crippen molar-refractivity contribution in [2.24, 2.45) is 5.92 Å². The van der Waals surface area contributed by atoms with Gasteiger partial charge in [-0.15, -0.1) is 11.3 Å². The van der Waals surface area contributed by atoms with Gasteiger partial charge in [0.1, 0.15) is 0 Å². The van der Waals surface area contributed by atoms with E-state index in [4.69, 9.17) is 0 Å². The Labute approximate surface area is 107 Å². The van der Waals surface area contributed by atoms with E-state index < -0.39 is 6.09 Å². The zero-order chi connectivity index (χ0) is 11.9. The molecule has 2 rings (SSSR count). The average molecular weight is 304 g/mol. The first-order valence-corrected chi connectivity index (χ1v) is 6.89. The fourth-order valence-electron chi connectivity index (χ4n) is 2.25. The minimum absolute atomic E-state index is 0.0116. The number of hydrogen-bond acceptors (Lipinski definition) is 2. The summed E-state index contributed by atoms with van der Waals surface area (Å²) in [4.78, 5) is 14.0. The number of thiophene rings is 1. The number of hydrogen-bond donors (Lipinski definition) is 1. The van der Waals surface area contributed by atoms with Gasteiger partial charge >= 0.3 is 6.09 Å². The largest absolute Gasteiger partial charge is 0.465 e. The van der Waals surface area contributed by atoms with Crippen LogP contribution in [-0.2, 0) is 6.42 Å². The third-order valence-electron chi connectivity index (χ3n) is 2.92. The lowest BCUT2D eigenvalue weighted by molar-refractivity contribution is 0.106. The summed E-state index contributed by atoms with van der Waals surface area (Å²) in [6.45, 7) is 4.75. The first kappa shape index (κ1) is 11.9. The number of carboxylic acid groups (broad SMARTS) is 1. The van der Waals surface area contributed by atoms with Gasteiger partial charge in [-0.05, 0) is 39.9 Å². The van der Waals surface area contributed by atoms with E-state index in [2.05, 4.69) is 35.8 Å². The molecule has 1 aliphatic heterocycles. The summed E-state index contributed by atoms with van der Waals surface area (Å²) >= 11 is 5.14. The molecule has 5 heteroatoms. The highest BCUT2D eigenvalue weighted by Crippen LogP contribution is 2.41. The molecule has 88 valence electrons. The number of fused-ring (bicyclic) bond motifs is 1. The molecule has 0 radical (unpaired) electrons. The molecular weight excluding hydrogens is 290 g/mol. The zero-order valence-corrected chi connectivity index (χ0v) is 11.6. The van der Waals surface area contributed by atoms with Crippen LogP contribution in [0, 0.1) is 5.92 Å². The van der Waals surface area contributed by atoms with Gasteiger partial charge in [0.15, 0.2) is 0 Å². The monoisotopic (exact) mass is 303 g/mol. The predicted molar refractivity (Wildman–Crippen MR) is 68.0 cm³/mol. The minimum Gasteiger partial charge on any atom is -0.465 e. The molecule has 0 bridgehead atoms. The molecule has 1 aromatic rings. The Kier molecular flexibility index (Phi) is 3.26. The molecule has 16 heavy (non-hydrogen) atoms. The molecule has 0 saturated carbocycles. The van der Waals surface area contributed by atoms with Gasteiger partial charge < -0.3 is 5.11 Å². The van der Waals surface area contributed by atoms with Crippen LogP contribution in [0.4, 0.5) is 4.79 Å². The third-order valence-corrected chi connectivity index (χ3v) is 4.67. The van der Waals surface area contributed by atoms with Crippen LogP contribution in [0.2, 0.25) is 0 Å². The molecule has 0 aliphatic carbocycles. The van der Waals surface area contributed by atoms with Gasteiger partial charge in [-0.2, -0.15) is 0 Å². The topological polar surface area (TPSA) is 40.5 Å². The molecule has 2 heterocycles. The van der Waals surface area contributed by atoms with Crippen molar-refractivity contribution >= 4 is 33.4 Å². The second-order valence-corrected chi connectivity index (χ2v) is 6.82. The average Bonchev–Trinajstić information content (AvgIpc) is 2.55. The van der Waals surface area contributed by atoms with E-state index >= 15 is 0 Å². The van der Waals surface area contributed by atoms with Gasteiger partial charge in [-0.1, -0.05) is 13.8 Å². The van der Waals surface area contributed by atoms with Crippen molar-refractivity contribution in [1.82, 2.24) is 4.90 Å². The smallest absolute Gasteiger partial charge is 0.407 e. The van der Waals surface area contributed by atoms with Crippen LogP contribution in [0.5, 0.6) is 0 Å². The van der Waals surface area contributed by atoms with E-state index in [-0.39, 0.29) is 6.04 Å². The van der Waals surface area contributed by atoms with Crippen molar-refractivity contribution < 1.29 is 9.90 Å². The Morgan fingerprint density at radius 1 is 1.69 bits per heavy atom. The minimum atomic E-state index is -0.811. The summed E-state index contributed by atoms with van der Waals surface area (Å²) in [5, 5.41) is 9.21. The van der Waals surface area contributed by atoms with Gasteiger partial charge in [0.2, 0.25) is 0 Å². The van der Waals surface area contributed by atoms with Gasteiger partial charge in [0.05, 0.1) is 9.83 Å². The van der Waals surface area contributed by atoms with Crippen molar-refractivity contribution in [1.29, 1.82) is 0 Å². The Morgan fingerprint density at radius 3 is 2.94 bits per heavy atom. The fraction of sp³-hybridized carbons (Fsp3) is 0.545. The van der Waals surface area contributed by atoms with Crippen LogP contribution in [0.15, 0.2) is 9.85 Å². The van der Waals surface area contributed by atoms with E-state index in [1.807, 2.05) is 0 Å². The van der Waals surface area contributed by atoms with E-state index in [9.17, 15) is 9.90 Å². The maximum Gasteiger partial charge on any atom is 0.407 e. The van der Waals surface area contributed by atoms with Crippen LogP contribution in [0.25, 0.3) is 0 Å². The molecule has 0 aromatic carbocycles. The second kappa shape index (κ2) is 4.37. The molecule has 1 aromatic heterocycles. The van der Waals surface area contributed by atoms with Crippen LogP contribution in [0.3, 0.4) is 0 Å². The normalized spacial score (nSPS) is 20.0. The van der Waals surface area contributed by atoms with Crippen LogP contribution in [0.1, 0.15) is 30.3 Å². The summed E-state index contributed by atoms with van der Waals surface area (Å²) in [7, 11) is 0. The van der Waals surface area contributed by atoms with Gasteiger partial charge in [0.25, 0.3) is 0 Å². The number of halogens is 1. The number of rotatable bonds is 1. The molecule has 0 fully saturated rings. The highest BCUT2D eigenvalue weighted by Gasteiger charge is 2.34. The predicted octanol–water partition coefficient (Wildman–Crippen LogP) is 3.74. The summed E-state index contributed by atoms with van der Waals surface area (Å²) in [6.07, 6.45) is 0.0151. The molecule has 1 amide bonds. The third kappa shape index (κ3) is 1.98. The Morgan fingerprint density at radius 2 is 2.38 bits per heavy atom. The summed E-state index contributed by atoms with van der Waals surface area (Å²) in [5.74, 6) is 0.306. The molecule has 1 aliphatic rings. The van der Waals surface area contributed by atoms with Crippen molar-refractivity contribution in [2.75, 3.05) is 6.54 Å². The van der Waals surface area contributed by atoms with Crippen LogP contribution < -0.4 is 0 Å². The number of amides is 1. The SMILES string of the molecule is CC(C)C1c2sc(Br)cc2CCN1C(=O)O. The highest BCUT2D eigenvalue weighted by atomic mass is 79.9. The molecule has 0 spiro atoms. The molecule has 1 unspecified atom stereocenters. The van der Waals surface area contributed by atoms with E-state index in [0.29, 0.717) is 12.5 Å². The maximum absolute atomic E-state index is 11.2. The van der Waals surface area contributed by atoms with Crippen LogP contribution in [-0.4, -0.2) is 22.6 Å². The molecule has 0 saturated heterocycles. The maximum atomic E-state index is 11.2. The van der Waals surface area contributed by atoms with E-state index in [1.165, 1.54) is 10.4 Å². The van der Waals surface area contributed by atoms with Gasteiger partial charge in [-0.25, -0.2) is 4.79 Å². The summed E-state index contributed by atoms with van der Waals surface area (Å²) in [5.41, 5.74) is 1.30. The first-order valence-electron chi connectivity index (χ1n) is 5.28. The Balaban J connectivity index is 2.42. The Hall–Kier alpha value is -0.550. The van der Waals surface area contributed by atoms with Crippen LogP contribution >= 0.6 is 27.3 Å². The van der Waals surface area contributed by atoms with Gasteiger partial charge in [-0.3, -0.25) is 4.90 Å². The number of nitrogens with zero attached hydrogens (tertiary/aromatic N) is 1. The molecule has 1 atom stereocenters. The van der Waals surface area contributed by atoms with E-state index in [0.717, 1.165) is 10.2 Å². The van der Waals surface area contributed by atoms with Gasteiger partial charge in [0, 0.05) is 11.4 Å². The fourth-order valence-corrected chi connectivity index (χ4v) is 4.28. The van der Waals surface area contributed by atoms with Crippen molar-refractivity contribution in [3.05, 3.63) is 20.3 Å². The molecule has 1 N–H and O–H groups in total. The van der Waals surface area contributed by atoms with E-state index in [1.54, 1.807) is 16.2 Å². The lowest BCUT2D eigenvalue weighted by Gasteiger charge is -2.36. The zero-order valence-electron chi connectivity index (χ0n) is 9.24. The standard InChI is InChI=1S/C11H14BrNO2S/c1-6(2)9-10-7(5-8(12)16-10)3-4-13(9)11(14)15/h5-6,9H,3-4H2,1-2H3,(H,14,15). The second-order valence-electron chi connectivity index (χ2n) is 4.35. The molecule has 3 nitrogen and oxygen atoms in total. The number of carbonyl (C=O) groups is 1. The van der Waals surface area contributed by atoms with Crippen molar-refractivity contribution in [2.45, 2.75) is 26.3 Å². The van der Waals surface area contributed by atoms with Crippen molar-refractivity contribution in [3.63, 3.8) is 0 Å². The lowest BCUT2D eigenvalue weighted by Crippen LogP contribution is -2.40. The summed E-state index contributed by atoms with van der Waals surface area (Å²) in [6, 6.07) is 2.13. The Bertz CT molecular complexity index is 416. The first-order chi connectivity index (χ1) is 7.50.